The molecule has 1 aliphatic heterocycles. The van der Waals surface area contributed by atoms with E-state index in [1.165, 1.54) is 24.3 Å². The molecule has 0 saturated carbocycles. The summed E-state index contributed by atoms with van der Waals surface area (Å²) in [6.45, 7) is 0.763. The fourth-order valence-electron chi connectivity index (χ4n) is 2.62. The SMILES string of the molecule is I.NC(=NCc1ccc(OC(F)(F)F)cc1)NCC1Cc2ccccc2O1. The Kier molecular flexibility index (Phi) is 7.17. The van der Waals surface area contributed by atoms with Crippen molar-refractivity contribution in [3.63, 3.8) is 0 Å². The van der Waals surface area contributed by atoms with Crippen molar-refractivity contribution in [3.05, 3.63) is 59.7 Å². The molecule has 2 aromatic rings. The van der Waals surface area contributed by atoms with E-state index in [4.69, 9.17) is 10.5 Å². The Hall–Kier alpha value is -2.17. The summed E-state index contributed by atoms with van der Waals surface area (Å²) < 4.78 is 46.0. The van der Waals surface area contributed by atoms with Crippen molar-refractivity contribution in [1.29, 1.82) is 0 Å². The van der Waals surface area contributed by atoms with Gasteiger partial charge in [-0.2, -0.15) is 0 Å². The van der Waals surface area contributed by atoms with Gasteiger partial charge in [0, 0.05) is 6.42 Å². The number of halogens is 4. The Morgan fingerprint density at radius 3 is 2.56 bits per heavy atom. The van der Waals surface area contributed by atoms with Crippen LogP contribution in [0.4, 0.5) is 13.2 Å². The number of nitrogens with two attached hydrogens (primary N) is 1. The van der Waals surface area contributed by atoms with Crippen molar-refractivity contribution in [2.24, 2.45) is 10.7 Å². The Balaban J connectivity index is 0.00000261. The maximum Gasteiger partial charge on any atom is 0.573 e. The van der Waals surface area contributed by atoms with E-state index in [1.54, 1.807) is 0 Å². The topological polar surface area (TPSA) is 68.9 Å². The van der Waals surface area contributed by atoms with Gasteiger partial charge in [0.25, 0.3) is 0 Å². The molecule has 0 amide bonds. The summed E-state index contributed by atoms with van der Waals surface area (Å²) in [7, 11) is 0. The lowest BCUT2D eigenvalue weighted by Crippen LogP contribution is -2.39. The number of alkyl halides is 3. The average molecular weight is 493 g/mol. The lowest BCUT2D eigenvalue weighted by molar-refractivity contribution is -0.274. The summed E-state index contributed by atoms with van der Waals surface area (Å²) in [6.07, 6.45) is -3.91. The molecule has 0 spiro atoms. The third-order valence-corrected chi connectivity index (χ3v) is 3.81. The van der Waals surface area contributed by atoms with E-state index in [0.717, 1.165) is 17.7 Å². The molecular formula is C18H19F3IN3O2. The second kappa shape index (κ2) is 9.16. The van der Waals surface area contributed by atoms with Crippen molar-refractivity contribution in [2.45, 2.75) is 25.4 Å². The van der Waals surface area contributed by atoms with Crippen LogP contribution in [0.25, 0.3) is 0 Å². The lowest BCUT2D eigenvalue weighted by atomic mass is 10.1. The van der Waals surface area contributed by atoms with Gasteiger partial charge in [-0.05, 0) is 29.3 Å². The molecular weight excluding hydrogens is 474 g/mol. The lowest BCUT2D eigenvalue weighted by Gasteiger charge is -2.12. The van der Waals surface area contributed by atoms with Gasteiger partial charge in [-0.25, -0.2) is 4.99 Å². The van der Waals surface area contributed by atoms with E-state index >= 15 is 0 Å². The second-order valence-corrected chi connectivity index (χ2v) is 5.83. The molecule has 146 valence electrons. The number of para-hydroxylation sites is 1. The van der Waals surface area contributed by atoms with Crippen molar-refractivity contribution < 1.29 is 22.6 Å². The molecule has 3 rings (SSSR count). The third kappa shape index (κ3) is 6.49. The van der Waals surface area contributed by atoms with Gasteiger partial charge in [-0.1, -0.05) is 30.3 Å². The molecule has 5 nitrogen and oxygen atoms in total. The van der Waals surface area contributed by atoms with Gasteiger partial charge in [0.05, 0.1) is 13.1 Å². The summed E-state index contributed by atoms with van der Waals surface area (Å²) in [5.41, 5.74) is 7.71. The predicted octanol–water partition coefficient (Wildman–Crippen LogP) is 3.61. The van der Waals surface area contributed by atoms with Gasteiger partial charge in [-0.3, -0.25) is 0 Å². The largest absolute Gasteiger partial charge is 0.573 e. The van der Waals surface area contributed by atoms with Crippen LogP contribution in [0.2, 0.25) is 0 Å². The summed E-state index contributed by atoms with van der Waals surface area (Å²) in [4.78, 5) is 4.17. The molecule has 1 aliphatic rings. The van der Waals surface area contributed by atoms with Crippen molar-refractivity contribution in [3.8, 4) is 11.5 Å². The molecule has 0 aliphatic carbocycles. The van der Waals surface area contributed by atoms with E-state index in [9.17, 15) is 13.2 Å². The first kappa shape index (κ1) is 21.1. The Labute approximate surface area is 171 Å². The minimum atomic E-state index is -4.70. The minimum absolute atomic E-state index is 0. The first-order chi connectivity index (χ1) is 12.4. The van der Waals surface area contributed by atoms with E-state index in [0.29, 0.717) is 12.1 Å². The summed E-state index contributed by atoms with van der Waals surface area (Å²) in [5, 5.41) is 3.00. The zero-order valence-corrected chi connectivity index (χ0v) is 16.5. The smallest absolute Gasteiger partial charge is 0.488 e. The first-order valence-corrected chi connectivity index (χ1v) is 8.02. The number of benzene rings is 2. The number of aliphatic imine (C=N–C) groups is 1. The van der Waals surface area contributed by atoms with Crippen molar-refractivity contribution in [2.75, 3.05) is 6.54 Å². The van der Waals surface area contributed by atoms with Gasteiger partial charge in [0.1, 0.15) is 17.6 Å². The highest BCUT2D eigenvalue weighted by Gasteiger charge is 2.30. The van der Waals surface area contributed by atoms with Crippen LogP contribution in [-0.4, -0.2) is 25.0 Å². The Bertz CT molecular complexity index is 757. The number of rotatable bonds is 5. The van der Waals surface area contributed by atoms with Crippen LogP contribution in [0.3, 0.4) is 0 Å². The average Bonchev–Trinajstić information content (AvgIpc) is 3.01. The molecule has 0 aromatic heterocycles. The number of hydrogen-bond acceptors (Lipinski definition) is 3. The normalized spacial score (nSPS) is 16.1. The Morgan fingerprint density at radius 2 is 1.89 bits per heavy atom. The summed E-state index contributed by atoms with van der Waals surface area (Å²) in [6, 6.07) is 13.4. The molecule has 3 N–H and O–H groups in total. The zero-order chi connectivity index (χ0) is 18.6. The highest BCUT2D eigenvalue weighted by molar-refractivity contribution is 14.0. The second-order valence-electron chi connectivity index (χ2n) is 5.83. The van der Waals surface area contributed by atoms with Crippen LogP contribution in [0.5, 0.6) is 11.5 Å². The standard InChI is InChI=1S/C18H18F3N3O2.HI/c19-18(20,21)26-14-7-5-12(6-8-14)10-23-17(22)24-11-15-9-13-3-1-2-4-16(13)25-15;/h1-8,15H,9-11H2,(H3,22,23,24);1H. The summed E-state index contributed by atoms with van der Waals surface area (Å²) in [5.74, 6) is 0.866. The van der Waals surface area contributed by atoms with E-state index in [-0.39, 0.29) is 48.3 Å². The molecule has 0 radical (unpaired) electrons. The molecule has 1 unspecified atom stereocenters. The van der Waals surface area contributed by atoms with Crippen LogP contribution >= 0.6 is 24.0 Å². The minimum Gasteiger partial charge on any atom is -0.488 e. The molecule has 2 aromatic carbocycles. The fourth-order valence-corrected chi connectivity index (χ4v) is 2.62. The van der Waals surface area contributed by atoms with E-state index in [1.807, 2.05) is 24.3 Å². The molecule has 0 bridgehead atoms. The maximum atomic E-state index is 12.1. The van der Waals surface area contributed by atoms with Crippen LogP contribution in [0, 0.1) is 0 Å². The van der Waals surface area contributed by atoms with Crippen molar-refractivity contribution >= 4 is 29.9 Å². The number of nitrogens with zero attached hydrogens (tertiary/aromatic N) is 1. The maximum absolute atomic E-state index is 12.1. The van der Waals surface area contributed by atoms with E-state index in [2.05, 4.69) is 15.0 Å². The van der Waals surface area contributed by atoms with Gasteiger partial charge in [0.2, 0.25) is 0 Å². The van der Waals surface area contributed by atoms with E-state index < -0.39 is 6.36 Å². The van der Waals surface area contributed by atoms with Crippen LogP contribution in [0.15, 0.2) is 53.5 Å². The quantitative estimate of drug-likeness (QED) is 0.380. The Morgan fingerprint density at radius 1 is 1.19 bits per heavy atom. The number of fused-ring (bicyclic) bond motifs is 1. The number of nitrogens with one attached hydrogen (secondary N) is 1. The zero-order valence-electron chi connectivity index (χ0n) is 14.2. The van der Waals surface area contributed by atoms with Gasteiger partial charge >= 0.3 is 6.36 Å². The predicted molar refractivity (Wildman–Crippen MR) is 106 cm³/mol. The molecule has 27 heavy (non-hydrogen) atoms. The summed E-state index contributed by atoms with van der Waals surface area (Å²) >= 11 is 0. The van der Waals surface area contributed by atoms with Crippen LogP contribution in [-0.2, 0) is 13.0 Å². The van der Waals surface area contributed by atoms with Gasteiger partial charge in [0.15, 0.2) is 5.96 Å². The third-order valence-electron chi connectivity index (χ3n) is 3.81. The fraction of sp³-hybridized carbons (Fsp3) is 0.278. The van der Waals surface area contributed by atoms with Crippen molar-refractivity contribution in [1.82, 2.24) is 5.32 Å². The molecule has 1 heterocycles. The number of guanidine groups is 1. The van der Waals surface area contributed by atoms with Gasteiger partial charge < -0.3 is 20.5 Å². The molecule has 1 atom stereocenters. The monoisotopic (exact) mass is 493 g/mol. The van der Waals surface area contributed by atoms with Crippen LogP contribution in [0.1, 0.15) is 11.1 Å². The highest BCUT2D eigenvalue weighted by Crippen LogP contribution is 2.27. The molecule has 0 saturated heterocycles. The number of ether oxygens (including phenoxy) is 2. The molecule has 0 fully saturated rings. The van der Waals surface area contributed by atoms with Crippen LogP contribution < -0.4 is 20.5 Å². The van der Waals surface area contributed by atoms with Gasteiger partial charge in [-0.15, -0.1) is 37.1 Å². The number of hydrogen-bond donors (Lipinski definition) is 2. The highest BCUT2D eigenvalue weighted by atomic mass is 127. The first-order valence-electron chi connectivity index (χ1n) is 8.02. The molecule has 9 heteroatoms.